The van der Waals surface area contributed by atoms with Gasteiger partial charge in [-0.05, 0) is 32.2 Å². The van der Waals surface area contributed by atoms with Crippen molar-refractivity contribution in [2.24, 2.45) is 4.99 Å². The number of aliphatic imine (C=N–C) groups is 1. The van der Waals surface area contributed by atoms with E-state index in [9.17, 15) is 0 Å². The fourth-order valence-electron chi connectivity index (χ4n) is 2.30. The number of thiophene rings is 1. The van der Waals surface area contributed by atoms with Gasteiger partial charge in [0.15, 0.2) is 5.96 Å². The van der Waals surface area contributed by atoms with E-state index in [0.717, 1.165) is 33.8 Å². The third-order valence-corrected chi connectivity index (χ3v) is 5.37. The Hall–Kier alpha value is -2.19. The average molecular weight is 376 g/mol. The van der Waals surface area contributed by atoms with E-state index >= 15 is 0 Å². The molecular weight excluding hydrogens is 354 g/mol. The Labute approximate surface area is 155 Å². The average Bonchev–Trinajstić information content (AvgIpc) is 3.31. The maximum absolute atomic E-state index is 5.53. The maximum Gasteiger partial charge on any atom is 0.236 e. The second-order valence-electron chi connectivity index (χ2n) is 5.41. The summed E-state index contributed by atoms with van der Waals surface area (Å²) in [6.45, 7) is 8.08. The molecule has 0 aliphatic rings. The predicted octanol–water partition coefficient (Wildman–Crippen LogP) is 3.73. The van der Waals surface area contributed by atoms with Crippen LogP contribution in [0.2, 0.25) is 0 Å². The Kier molecular flexibility index (Phi) is 5.83. The smallest absolute Gasteiger partial charge is 0.236 e. The lowest BCUT2D eigenvalue weighted by Gasteiger charge is -2.10. The Morgan fingerprint density at radius 2 is 2.16 bits per heavy atom. The van der Waals surface area contributed by atoms with E-state index in [1.165, 1.54) is 4.88 Å². The van der Waals surface area contributed by atoms with Crippen molar-refractivity contribution in [2.75, 3.05) is 6.54 Å². The second-order valence-corrected chi connectivity index (χ2v) is 7.65. The van der Waals surface area contributed by atoms with Crippen LogP contribution < -0.4 is 10.6 Å². The number of rotatable bonds is 6. The molecule has 0 saturated heterocycles. The molecule has 8 heteroatoms. The number of guanidine groups is 1. The molecule has 6 nitrogen and oxygen atoms in total. The highest BCUT2D eigenvalue weighted by Gasteiger charge is 2.08. The van der Waals surface area contributed by atoms with Crippen molar-refractivity contribution in [1.82, 2.24) is 20.6 Å². The molecule has 3 rings (SSSR count). The summed E-state index contributed by atoms with van der Waals surface area (Å²) >= 11 is 3.32. The fourth-order valence-corrected chi connectivity index (χ4v) is 3.83. The maximum atomic E-state index is 5.53. The highest BCUT2D eigenvalue weighted by Crippen LogP contribution is 2.23. The lowest BCUT2D eigenvalue weighted by Crippen LogP contribution is -2.36. The molecule has 0 bridgehead atoms. The Morgan fingerprint density at radius 3 is 2.84 bits per heavy atom. The molecule has 0 spiro atoms. The van der Waals surface area contributed by atoms with E-state index in [0.29, 0.717) is 19.0 Å². The summed E-state index contributed by atoms with van der Waals surface area (Å²) in [7, 11) is 0. The van der Waals surface area contributed by atoms with Crippen LogP contribution in [0.4, 0.5) is 0 Å². The van der Waals surface area contributed by atoms with Crippen LogP contribution in [0, 0.1) is 13.8 Å². The molecule has 0 radical (unpaired) electrons. The number of aryl methyl sites for hydroxylation is 2. The van der Waals surface area contributed by atoms with E-state index in [2.05, 4.69) is 25.6 Å². The molecule has 0 saturated carbocycles. The van der Waals surface area contributed by atoms with Crippen molar-refractivity contribution >= 4 is 28.6 Å². The van der Waals surface area contributed by atoms with E-state index in [-0.39, 0.29) is 0 Å². The first kappa shape index (κ1) is 17.6. The molecule has 25 heavy (non-hydrogen) atoms. The molecular formula is C17H21N5OS2. The lowest BCUT2D eigenvalue weighted by molar-refractivity contribution is 0.574. The zero-order valence-electron chi connectivity index (χ0n) is 14.5. The summed E-state index contributed by atoms with van der Waals surface area (Å²) in [6.07, 6.45) is 1.67. The van der Waals surface area contributed by atoms with Crippen molar-refractivity contribution in [2.45, 2.75) is 33.9 Å². The third kappa shape index (κ3) is 4.67. The van der Waals surface area contributed by atoms with Gasteiger partial charge in [0.25, 0.3) is 0 Å². The first-order valence-electron chi connectivity index (χ1n) is 8.09. The van der Waals surface area contributed by atoms with Gasteiger partial charge in [-0.2, -0.15) is 0 Å². The number of nitrogens with zero attached hydrogens (tertiary/aromatic N) is 3. The van der Waals surface area contributed by atoms with Crippen molar-refractivity contribution in [3.63, 3.8) is 0 Å². The third-order valence-electron chi connectivity index (χ3n) is 3.44. The molecule has 3 aromatic heterocycles. The minimum absolute atomic E-state index is 0.463. The highest BCUT2D eigenvalue weighted by atomic mass is 32.1. The summed E-state index contributed by atoms with van der Waals surface area (Å²) in [5, 5.41) is 9.69. The first-order chi connectivity index (χ1) is 12.2. The largest absolute Gasteiger partial charge is 0.443 e. The van der Waals surface area contributed by atoms with Crippen molar-refractivity contribution in [3.8, 4) is 10.8 Å². The Morgan fingerprint density at radius 1 is 1.28 bits per heavy atom. The van der Waals surface area contributed by atoms with Gasteiger partial charge in [0.2, 0.25) is 5.89 Å². The SMILES string of the molecule is CCNC(=NCc1coc(-c2cccs2)n1)NCc1sc(C)nc1C. The summed E-state index contributed by atoms with van der Waals surface area (Å²) < 4.78 is 5.53. The van der Waals surface area contributed by atoms with E-state index in [1.807, 2.05) is 38.3 Å². The molecule has 0 aromatic carbocycles. The number of nitrogens with one attached hydrogen (secondary N) is 2. The van der Waals surface area contributed by atoms with Gasteiger partial charge in [0.1, 0.15) is 12.0 Å². The van der Waals surface area contributed by atoms with Gasteiger partial charge in [-0.1, -0.05) is 6.07 Å². The number of aromatic nitrogens is 2. The quantitative estimate of drug-likeness (QED) is 0.507. The predicted molar refractivity (Wildman–Crippen MR) is 103 cm³/mol. The van der Waals surface area contributed by atoms with Gasteiger partial charge >= 0.3 is 0 Å². The topological polar surface area (TPSA) is 75.3 Å². The number of hydrogen-bond donors (Lipinski definition) is 2. The molecule has 0 unspecified atom stereocenters. The van der Waals surface area contributed by atoms with Gasteiger partial charge in [-0.15, -0.1) is 22.7 Å². The zero-order chi connectivity index (χ0) is 17.6. The monoisotopic (exact) mass is 375 g/mol. The van der Waals surface area contributed by atoms with Crippen LogP contribution in [0.3, 0.4) is 0 Å². The van der Waals surface area contributed by atoms with Crippen LogP contribution in [-0.4, -0.2) is 22.5 Å². The van der Waals surface area contributed by atoms with Crippen LogP contribution in [0.15, 0.2) is 33.2 Å². The normalized spacial score (nSPS) is 11.7. The minimum atomic E-state index is 0.463. The van der Waals surface area contributed by atoms with Gasteiger partial charge < -0.3 is 15.1 Å². The number of oxazole rings is 1. The van der Waals surface area contributed by atoms with Gasteiger partial charge in [0.05, 0.1) is 28.7 Å². The standard InChI is InChI=1S/C17H21N5OS2/c1-4-18-17(20-9-15-11(2)21-12(3)25-15)19-8-13-10-23-16(22-13)14-6-5-7-24-14/h5-7,10H,4,8-9H2,1-3H3,(H2,18,19,20). The van der Waals surface area contributed by atoms with E-state index in [1.54, 1.807) is 28.9 Å². The van der Waals surface area contributed by atoms with Crippen LogP contribution in [-0.2, 0) is 13.1 Å². The Bertz CT molecular complexity index is 835. The number of hydrogen-bond acceptors (Lipinski definition) is 6. The van der Waals surface area contributed by atoms with E-state index < -0.39 is 0 Å². The van der Waals surface area contributed by atoms with Gasteiger partial charge in [0, 0.05) is 11.4 Å². The van der Waals surface area contributed by atoms with Gasteiger partial charge in [-0.25, -0.2) is 15.0 Å². The molecule has 3 heterocycles. The molecule has 0 fully saturated rings. The van der Waals surface area contributed by atoms with Crippen LogP contribution >= 0.6 is 22.7 Å². The van der Waals surface area contributed by atoms with Crippen molar-refractivity contribution in [3.05, 3.63) is 45.0 Å². The first-order valence-corrected chi connectivity index (χ1v) is 9.78. The molecule has 3 aromatic rings. The molecule has 2 N–H and O–H groups in total. The number of thiazole rings is 1. The summed E-state index contributed by atoms with van der Waals surface area (Å²) in [5.74, 6) is 1.41. The van der Waals surface area contributed by atoms with Crippen LogP contribution in [0.1, 0.15) is 28.2 Å². The molecule has 0 aliphatic heterocycles. The molecule has 0 atom stereocenters. The molecule has 132 valence electrons. The second kappa shape index (κ2) is 8.26. The van der Waals surface area contributed by atoms with Crippen LogP contribution in [0.5, 0.6) is 0 Å². The summed E-state index contributed by atoms with van der Waals surface area (Å²) in [6, 6.07) is 3.98. The molecule has 0 aliphatic carbocycles. The van der Waals surface area contributed by atoms with Crippen molar-refractivity contribution in [1.29, 1.82) is 0 Å². The van der Waals surface area contributed by atoms with E-state index in [4.69, 9.17) is 4.42 Å². The Balaban J connectivity index is 1.63. The lowest BCUT2D eigenvalue weighted by atomic mass is 10.4. The zero-order valence-corrected chi connectivity index (χ0v) is 16.1. The summed E-state index contributed by atoms with van der Waals surface area (Å²) in [5.41, 5.74) is 1.88. The van der Waals surface area contributed by atoms with Gasteiger partial charge in [-0.3, -0.25) is 0 Å². The minimum Gasteiger partial charge on any atom is -0.443 e. The summed E-state index contributed by atoms with van der Waals surface area (Å²) in [4.78, 5) is 15.8. The highest BCUT2D eigenvalue weighted by molar-refractivity contribution is 7.13. The fraction of sp³-hybridized carbons (Fsp3) is 0.353. The van der Waals surface area contributed by atoms with Crippen molar-refractivity contribution < 1.29 is 4.42 Å². The van der Waals surface area contributed by atoms with Crippen LogP contribution in [0.25, 0.3) is 10.8 Å². The molecule has 0 amide bonds.